The summed E-state index contributed by atoms with van der Waals surface area (Å²) in [5, 5.41) is 25.2. The zero-order valence-electron chi connectivity index (χ0n) is 18.3. The number of nitriles is 2. The molecule has 1 heterocycles. The smallest absolute Gasteiger partial charge is 0.201 e. The van der Waals surface area contributed by atoms with Gasteiger partial charge in [-0.25, -0.2) is 9.97 Å². The van der Waals surface area contributed by atoms with Gasteiger partial charge in [0.25, 0.3) is 0 Å². The molecular formula is C29H9N7. The van der Waals surface area contributed by atoms with Crippen LogP contribution >= 0.6 is 0 Å². The van der Waals surface area contributed by atoms with E-state index in [0.717, 1.165) is 21.5 Å². The molecule has 1 aromatic heterocycles. The highest BCUT2D eigenvalue weighted by atomic mass is 14.8. The quantitative estimate of drug-likeness (QED) is 0.174. The maximum absolute atomic E-state index is 9.70. The molecule has 36 heavy (non-hydrogen) atoms. The van der Waals surface area contributed by atoms with Gasteiger partial charge in [0, 0.05) is 5.39 Å². The number of hydrogen-bond donors (Lipinski definition) is 0. The Labute approximate surface area is 204 Å². The number of fused-ring (bicyclic) bond motifs is 11. The lowest BCUT2D eigenvalue weighted by molar-refractivity contribution is 1.21. The largest absolute Gasteiger partial charge is 0.262 e. The van der Waals surface area contributed by atoms with Crippen molar-refractivity contribution in [1.29, 1.82) is 10.5 Å². The Hall–Kier alpha value is -6.07. The molecule has 0 spiro atoms. The molecule has 0 radical (unpaired) electrons. The van der Waals surface area contributed by atoms with Gasteiger partial charge in [-0.05, 0) is 37.7 Å². The van der Waals surface area contributed by atoms with Crippen LogP contribution in [0, 0.1) is 42.4 Å². The Bertz CT molecular complexity index is 2210. The van der Waals surface area contributed by atoms with Crippen molar-refractivity contribution in [3.05, 3.63) is 100 Å². The summed E-state index contributed by atoms with van der Waals surface area (Å²) in [6.07, 6.45) is 0. The van der Waals surface area contributed by atoms with E-state index in [-0.39, 0.29) is 28.5 Å². The minimum Gasteiger partial charge on any atom is -0.262 e. The molecule has 0 amide bonds. The molecule has 0 unspecified atom stereocenters. The Balaban J connectivity index is 2.15. The molecule has 0 N–H and O–H groups in total. The summed E-state index contributed by atoms with van der Waals surface area (Å²) in [7, 11) is 0. The second-order valence-electron chi connectivity index (χ2n) is 8.03. The molecule has 0 saturated heterocycles. The highest BCUT2D eigenvalue weighted by molar-refractivity contribution is 6.41. The first-order valence-corrected chi connectivity index (χ1v) is 10.7. The highest BCUT2D eigenvalue weighted by Gasteiger charge is 2.24. The molecule has 0 atom stereocenters. The van der Waals surface area contributed by atoms with Crippen LogP contribution in [0.1, 0.15) is 11.4 Å². The van der Waals surface area contributed by atoms with Crippen molar-refractivity contribution in [3.8, 4) is 12.1 Å². The van der Waals surface area contributed by atoms with Gasteiger partial charge in [0.15, 0.2) is 22.8 Å². The normalized spacial score (nSPS) is 10.6. The third-order valence-corrected chi connectivity index (χ3v) is 6.38. The van der Waals surface area contributed by atoms with Crippen LogP contribution < -0.4 is 0 Å². The first-order valence-electron chi connectivity index (χ1n) is 10.7. The molecule has 6 rings (SSSR count). The van der Waals surface area contributed by atoms with E-state index in [4.69, 9.17) is 19.7 Å². The third-order valence-electron chi connectivity index (χ3n) is 6.38. The van der Waals surface area contributed by atoms with Crippen molar-refractivity contribution in [2.24, 2.45) is 0 Å². The van der Waals surface area contributed by atoms with Crippen molar-refractivity contribution in [3.63, 3.8) is 0 Å². The number of benzene rings is 5. The molecule has 7 heteroatoms. The molecule has 0 aliphatic heterocycles. The summed E-state index contributed by atoms with van der Waals surface area (Å²) < 4.78 is 0. The average Bonchev–Trinajstić information content (AvgIpc) is 2.94. The van der Waals surface area contributed by atoms with E-state index in [1.54, 1.807) is 0 Å². The van der Waals surface area contributed by atoms with Crippen LogP contribution in [0.5, 0.6) is 0 Å². The van der Waals surface area contributed by atoms with E-state index < -0.39 is 0 Å². The van der Waals surface area contributed by atoms with Gasteiger partial charge in [-0.2, -0.15) is 10.5 Å². The van der Waals surface area contributed by atoms with Gasteiger partial charge in [-0.3, -0.25) is 14.5 Å². The molecule has 7 nitrogen and oxygen atoms in total. The van der Waals surface area contributed by atoms with Gasteiger partial charge in [0.05, 0.1) is 30.7 Å². The van der Waals surface area contributed by atoms with Gasteiger partial charge in [-0.15, -0.1) is 0 Å². The molecule has 5 aromatic carbocycles. The summed E-state index contributed by atoms with van der Waals surface area (Å²) in [4.78, 5) is 19.9. The summed E-state index contributed by atoms with van der Waals surface area (Å²) >= 11 is 0. The number of rotatable bonds is 0. The number of hydrogen-bond acceptors (Lipinski definition) is 4. The van der Waals surface area contributed by atoms with Gasteiger partial charge in [0.1, 0.15) is 12.1 Å². The van der Waals surface area contributed by atoms with Crippen LogP contribution in [0.2, 0.25) is 0 Å². The van der Waals surface area contributed by atoms with Crippen molar-refractivity contribution in [2.45, 2.75) is 0 Å². The Morgan fingerprint density at radius 3 is 1.64 bits per heavy atom. The maximum Gasteiger partial charge on any atom is 0.201 e. The predicted octanol–water partition coefficient (Wildman–Crippen LogP) is 7.64. The lowest BCUT2D eigenvalue weighted by atomic mass is 9.88. The second kappa shape index (κ2) is 7.48. The number of nitrogens with zero attached hydrogens (tertiary/aromatic N) is 7. The zero-order valence-corrected chi connectivity index (χ0v) is 18.3. The Morgan fingerprint density at radius 2 is 1.11 bits per heavy atom. The van der Waals surface area contributed by atoms with Crippen molar-refractivity contribution in [2.75, 3.05) is 0 Å². The summed E-state index contributed by atoms with van der Waals surface area (Å²) in [6, 6.07) is 21.0. The van der Waals surface area contributed by atoms with Gasteiger partial charge >= 0.3 is 0 Å². The van der Waals surface area contributed by atoms with Crippen LogP contribution in [0.4, 0.5) is 17.1 Å². The molecule has 0 fully saturated rings. The molecule has 0 aliphatic rings. The Morgan fingerprint density at radius 1 is 0.583 bits per heavy atom. The Kier molecular flexibility index (Phi) is 4.27. The van der Waals surface area contributed by atoms with E-state index in [0.29, 0.717) is 32.6 Å². The molecule has 160 valence electrons. The summed E-state index contributed by atoms with van der Waals surface area (Å²) in [5.74, 6) is 0. The monoisotopic (exact) mass is 455 g/mol. The van der Waals surface area contributed by atoms with Crippen molar-refractivity contribution in [1.82, 2.24) is 9.97 Å². The topological polar surface area (TPSA) is 86.4 Å². The summed E-state index contributed by atoms with van der Waals surface area (Å²) in [5.41, 5.74) is 0.532. The summed E-state index contributed by atoms with van der Waals surface area (Å²) in [6.45, 7) is 23.3. The van der Waals surface area contributed by atoms with Crippen LogP contribution in [-0.4, -0.2) is 9.97 Å². The van der Waals surface area contributed by atoms with E-state index in [1.165, 1.54) is 6.07 Å². The average molecular weight is 455 g/mol. The van der Waals surface area contributed by atoms with Crippen LogP contribution in [0.3, 0.4) is 0 Å². The van der Waals surface area contributed by atoms with E-state index >= 15 is 0 Å². The minimum atomic E-state index is -0.140. The predicted molar refractivity (Wildman–Crippen MR) is 138 cm³/mol. The van der Waals surface area contributed by atoms with E-state index in [1.807, 2.05) is 60.7 Å². The van der Waals surface area contributed by atoms with Gasteiger partial charge in [0.2, 0.25) is 5.69 Å². The molecule has 0 saturated carbocycles. The first kappa shape index (κ1) is 20.5. The fourth-order valence-corrected chi connectivity index (χ4v) is 4.99. The van der Waals surface area contributed by atoms with E-state index in [9.17, 15) is 10.5 Å². The minimum absolute atomic E-state index is 0.0208. The maximum atomic E-state index is 9.70. The standard InChI is InChI=1S/C29H9N7/c1-32-20-12-19-25(28(34-3)27(20)33-2)23-17-10-6-4-8-15(17)16-9-5-7-11-18(16)24(23)29-26(19)35-21(13-30)22(14-31)36-29/h4-12H. The van der Waals surface area contributed by atoms with Gasteiger partial charge in [-0.1, -0.05) is 54.6 Å². The third kappa shape index (κ3) is 2.50. The van der Waals surface area contributed by atoms with Gasteiger partial charge < -0.3 is 0 Å². The van der Waals surface area contributed by atoms with Crippen LogP contribution in [-0.2, 0) is 0 Å². The highest BCUT2D eigenvalue weighted by Crippen LogP contribution is 2.51. The molecule has 0 aliphatic carbocycles. The van der Waals surface area contributed by atoms with Crippen LogP contribution in [0.25, 0.3) is 68.7 Å². The zero-order chi connectivity index (χ0) is 25.0. The second-order valence-corrected chi connectivity index (χ2v) is 8.03. The lowest BCUT2D eigenvalue weighted by Gasteiger charge is -2.17. The molecule has 6 aromatic rings. The lowest BCUT2D eigenvalue weighted by Crippen LogP contribution is -1.98. The molecule has 0 bridgehead atoms. The van der Waals surface area contributed by atoms with E-state index in [2.05, 4.69) is 24.5 Å². The molecular weight excluding hydrogens is 446 g/mol. The van der Waals surface area contributed by atoms with Crippen molar-refractivity contribution >= 4 is 71.2 Å². The first-order chi connectivity index (χ1) is 17.7. The fourth-order valence-electron chi connectivity index (χ4n) is 4.99. The van der Waals surface area contributed by atoms with Crippen LogP contribution in [0.15, 0.2) is 54.6 Å². The SMILES string of the molecule is [C-]#[N+]c1cc2c3nc(C#N)c(C#N)nc3c3c4ccccc4c4ccccc4c3c2c([N+]#[C-])c1[N+]#[C-]. The van der Waals surface area contributed by atoms with Crippen molar-refractivity contribution < 1.29 is 0 Å². The number of aromatic nitrogens is 2. The fraction of sp³-hybridized carbons (Fsp3) is 0.